The van der Waals surface area contributed by atoms with E-state index in [1.54, 1.807) is 0 Å². The zero-order valence-corrected chi connectivity index (χ0v) is 9.96. The molecule has 0 saturated carbocycles. The predicted octanol–water partition coefficient (Wildman–Crippen LogP) is 3.38. The Balaban J connectivity index is 2.21. The van der Waals surface area contributed by atoms with Crippen molar-refractivity contribution >= 4 is 0 Å². The molecule has 0 aliphatic carbocycles. The van der Waals surface area contributed by atoms with Gasteiger partial charge in [0.2, 0.25) is 0 Å². The minimum absolute atomic E-state index is 0.286. The monoisotopic (exact) mass is 203 g/mol. The molecule has 0 aromatic heterocycles. The molecule has 1 N–H and O–H groups in total. The fraction of sp³-hybridized carbons (Fsp3) is 0.429. The van der Waals surface area contributed by atoms with Gasteiger partial charge in [0.1, 0.15) is 0 Å². The fourth-order valence-corrected chi connectivity index (χ4v) is 1.31. The van der Waals surface area contributed by atoms with Crippen molar-refractivity contribution < 1.29 is 0 Å². The Morgan fingerprint density at radius 2 is 1.80 bits per heavy atom. The number of nitrogens with one attached hydrogen (secondary N) is 1. The zero-order chi connectivity index (χ0) is 11.1. The summed E-state index contributed by atoms with van der Waals surface area (Å²) in [6.45, 7) is 8.50. The van der Waals surface area contributed by atoms with E-state index in [2.05, 4.69) is 62.5 Å². The summed E-state index contributed by atoms with van der Waals surface area (Å²) in [5.74, 6) is 0. The van der Waals surface area contributed by atoms with Crippen LogP contribution in [-0.2, 0) is 6.54 Å². The topological polar surface area (TPSA) is 12.0 Å². The van der Waals surface area contributed by atoms with E-state index in [9.17, 15) is 0 Å². The van der Waals surface area contributed by atoms with Crippen molar-refractivity contribution in [3.63, 3.8) is 0 Å². The highest BCUT2D eigenvalue weighted by molar-refractivity contribution is 5.14. The average Bonchev–Trinajstić information content (AvgIpc) is 2.17. The molecule has 82 valence electrons. The van der Waals surface area contributed by atoms with Crippen LogP contribution in [0.2, 0.25) is 0 Å². The van der Waals surface area contributed by atoms with E-state index >= 15 is 0 Å². The molecule has 0 spiro atoms. The molecule has 0 radical (unpaired) electrons. The molecule has 0 saturated heterocycles. The third kappa shape index (κ3) is 6.08. The van der Waals surface area contributed by atoms with Gasteiger partial charge in [-0.15, -0.1) is 0 Å². The lowest BCUT2D eigenvalue weighted by Crippen LogP contribution is -2.13. The summed E-state index contributed by atoms with van der Waals surface area (Å²) in [6, 6.07) is 10.5. The molecule has 0 bridgehead atoms. The lowest BCUT2D eigenvalue weighted by molar-refractivity contribution is 0.541. The van der Waals surface area contributed by atoms with Crippen LogP contribution in [-0.4, -0.2) is 6.54 Å². The molecule has 1 nitrogen and oxygen atoms in total. The molecule has 0 heterocycles. The first-order valence-corrected chi connectivity index (χ1v) is 5.50. The van der Waals surface area contributed by atoms with Gasteiger partial charge in [0, 0.05) is 13.1 Å². The summed E-state index contributed by atoms with van der Waals surface area (Å²) in [5, 5.41) is 3.39. The van der Waals surface area contributed by atoms with E-state index < -0.39 is 0 Å². The lowest BCUT2D eigenvalue weighted by Gasteiger charge is -2.11. The second-order valence-corrected chi connectivity index (χ2v) is 4.88. The molecular formula is C14H21N. The van der Waals surface area contributed by atoms with E-state index in [0.717, 1.165) is 13.1 Å². The highest BCUT2D eigenvalue weighted by Crippen LogP contribution is 2.13. The first kappa shape index (κ1) is 12.0. The van der Waals surface area contributed by atoms with Gasteiger partial charge in [-0.1, -0.05) is 63.3 Å². The van der Waals surface area contributed by atoms with Crippen LogP contribution in [0.25, 0.3) is 0 Å². The Labute approximate surface area is 93.2 Å². The molecule has 1 heteroatoms. The van der Waals surface area contributed by atoms with E-state index in [4.69, 9.17) is 0 Å². The first-order valence-electron chi connectivity index (χ1n) is 5.50. The van der Waals surface area contributed by atoms with Crippen LogP contribution >= 0.6 is 0 Å². The fourth-order valence-electron chi connectivity index (χ4n) is 1.31. The smallest absolute Gasteiger partial charge is 0.0208 e. The molecule has 0 fully saturated rings. The summed E-state index contributed by atoms with van der Waals surface area (Å²) in [7, 11) is 0. The molecule has 0 atom stereocenters. The Morgan fingerprint density at radius 3 is 2.40 bits per heavy atom. The largest absolute Gasteiger partial charge is 0.309 e. The van der Waals surface area contributed by atoms with Crippen molar-refractivity contribution in [2.75, 3.05) is 6.54 Å². The maximum absolute atomic E-state index is 3.39. The maximum Gasteiger partial charge on any atom is 0.0208 e. The van der Waals surface area contributed by atoms with Crippen molar-refractivity contribution in [2.24, 2.45) is 5.41 Å². The van der Waals surface area contributed by atoms with Crippen LogP contribution in [0.15, 0.2) is 42.5 Å². The Bertz CT molecular complexity index is 293. The lowest BCUT2D eigenvalue weighted by atomic mass is 9.96. The van der Waals surface area contributed by atoms with Crippen LogP contribution in [0.1, 0.15) is 26.3 Å². The number of benzene rings is 1. The zero-order valence-electron chi connectivity index (χ0n) is 9.96. The van der Waals surface area contributed by atoms with Crippen LogP contribution in [0.5, 0.6) is 0 Å². The molecule has 0 aliphatic heterocycles. The van der Waals surface area contributed by atoms with Gasteiger partial charge in [-0.05, 0) is 11.0 Å². The first-order chi connectivity index (χ1) is 7.08. The summed E-state index contributed by atoms with van der Waals surface area (Å²) in [6.07, 6.45) is 4.44. The molecule has 15 heavy (non-hydrogen) atoms. The van der Waals surface area contributed by atoms with Gasteiger partial charge in [-0.3, -0.25) is 0 Å². The standard InChI is InChI=1S/C14H21N/c1-14(2,3)10-7-11-15-12-13-8-5-4-6-9-13/h4-10,15H,11-12H2,1-3H3/b10-7+. The highest BCUT2D eigenvalue weighted by atomic mass is 14.8. The molecule has 0 aliphatic rings. The molecule has 1 aromatic carbocycles. The summed E-state index contributed by atoms with van der Waals surface area (Å²) in [5.41, 5.74) is 1.62. The van der Waals surface area contributed by atoms with Gasteiger partial charge in [0.05, 0.1) is 0 Å². The van der Waals surface area contributed by atoms with Crippen LogP contribution in [0.3, 0.4) is 0 Å². The van der Waals surface area contributed by atoms with Gasteiger partial charge in [0.25, 0.3) is 0 Å². The summed E-state index contributed by atoms with van der Waals surface area (Å²) in [4.78, 5) is 0. The number of rotatable bonds is 4. The summed E-state index contributed by atoms with van der Waals surface area (Å²) < 4.78 is 0. The summed E-state index contributed by atoms with van der Waals surface area (Å²) >= 11 is 0. The molecule has 0 amide bonds. The van der Waals surface area contributed by atoms with E-state index in [1.807, 2.05) is 6.07 Å². The van der Waals surface area contributed by atoms with Crippen LogP contribution < -0.4 is 5.32 Å². The number of hydrogen-bond acceptors (Lipinski definition) is 1. The average molecular weight is 203 g/mol. The van der Waals surface area contributed by atoms with E-state index in [-0.39, 0.29) is 5.41 Å². The number of hydrogen-bond donors (Lipinski definition) is 1. The molecule has 1 rings (SSSR count). The van der Waals surface area contributed by atoms with Gasteiger partial charge in [0.15, 0.2) is 0 Å². The van der Waals surface area contributed by atoms with Gasteiger partial charge < -0.3 is 5.32 Å². The van der Waals surface area contributed by atoms with Crippen LogP contribution in [0.4, 0.5) is 0 Å². The number of allylic oxidation sites excluding steroid dienone is 1. The van der Waals surface area contributed by atoms with E-state index in [0.29, 0.717) is 0 Å². The Kier molecular flexibility index (Phi) is 4.57. The molecule has 1 aromatic rings. The second kappa shape index (κ2) is 5.72. The Hall–Kier alpha value is -1.08. The quantitative estimate of drug-likeness (QED) is 0.584. The van der Waals surface area contributed by atoms with Crippen molar-refractivity contribution in [3.05, 3.63) is 48.0 Å². The minimum Gasteiger partial charge on any atom is -0.309 e. The van der Waals surface area contributed by atoms with Crippen molar-refractivity contribution in [3.8, 4) is 0 Å². The second-order valence-electron chi connectivity index (χ2n) is 4.88. The van der Waals surface area contributed by atoms with Crippen molar-refractivity contribution in [2.45, 2.75) is 27.3 Å². The van der Waals surface area contributed by atoms with Gasteiger partial charge in [-0.2, -0.15) is 0 Å². The van der Waals surface area contributed by atoms with Gasteiger partial charge in [-0.25, -0.2) is 0 Å². The van der Waals surface area contributed by atoms with Crippen molar-refractivity contribution in [1.82, 2.24) is 5.32 Å². The van der Waals surface area contributed by atoms with Gasteiger partial charge >= 0.3 is 0 Å². The van der Waals surface area contributed by atoms with Crippen molar-refractivity contribution in [1.29, 1.82) is 0 Å². The van der Waals surface area contributed by atoms with E-state index in [1.165, 1.54) is 5.56 Å². The SMILES string of the molecule is CC(C)(C)/C=C/CNCc1ccccc1. The third-order valence-corrected chi connectivity index (χ3v) is 2.05. The minimum atomic E-state index is 0.286. The molecular weight excluding hydrogens is 182 g/mol. The third-order valence-electron chi connectivity index (χ3n) is 2.05. The molecule has 0 unspecified atom stereocenters. The highest BCUT2D eigenvalue weighted by Gasteiger charge is 2.02. The Morgan fingerprint density at radius 1 is 1.13 bits per heavy atom. The normalized spacial score (nSPS) is 12.2. The predicted molar refractivity (Wildman–Crippen MR) is 66.7 cm³/mol. The van der Waals surface area contributed by atoms with Crippen LogP contribution in [0, 0.1) is 5.41 Å². The maximum atomic E-state index is 3.39.